The molecule has 2 fully saturated rings. The van der Waals surface area contributed by atoms with Gasteiger partial charge in [-0.05, 0) is 44.0 Å². The van der Waals surface area contributed by atoms with Crippen molar-refractivity contribution in [1.29, 1.82) is 0 Å². The van der Waals surface area contributed by atoms with E-state index in [-0.39, 0.29) is 17.9 Å². The van der Waals surface area contributed by atoms with Crippen LogP contribution >= 0.6 is 0 Å². The van der Waals surface area contributed by atoms with Crippen molar-refractivity contribution in [2.24, 2.45) is 0 Å². The van der Waals surface area contributed by atoms with E-state index in [1.807, 2.05) is 43.3 Å². The molecule has 0 bridgehead atoms. The van der Waals surface area contributed by atoms with Crippen LogP contribution < -0.4 is 5.32 Å². The SMILES string of the molecule is Cc1ccc(NC(=O)C2(N3C(=O)C[C@@H]3c3ccco3)CCCCC2)cc1. The van der Waals surface area contributed by atoms with Gasteiger partial charge >= 0.3 is 0 Å². The highest BCUT2D eigenvalue weighted by molar-refractivity contribution is 6.02. The molecule has 1 atom stereocenters. The molecule has 1 aromatic carbocycles. The molecule has 0 radical (unpaired) electrons. The first-order valence-electron chi connectivity index (χ1n) is 9.34. The zero-order chi connectivity index (χ0) is 18.1. The molecule has 2 amide bonds. The molecule has 1 aromatic heterocycles. The molecule has 4 rings (SSSR count). The lowest BCUT2D eigenvalue weighted by molar-refractivity contribution is -0.167. The summed E-state index contributed by atoms with van der Waals surface area (Å²) in [4.78, 5) is 27.7. The Morgan fingerprint density at radius 1 is 1.15 bits per heavy atom. The van der Waals surface area contributed by atoms with E-state index in [4.69, 9.17) is 4.42 Å². The van der Waals surface area contributed by atoms with Crippen LogP contribution in [0.5, 0.6) is 0 Å². The monoisotopic (exact) mass is 352 g/mol. The average Bonchev–Trinajstić information content (AvgIpc) is 3.16. The summed E-state index contributed by atoms with van der Waals surface area (Å²) in [7, 11) is 0. The molecule has 1 saturated carbocycles. The summed E-state index contributed by atoms with van der Waals surface area (Å²) in [5.41, 5.74) is 1.13. The van der Waals surface area contributed by atoms with Gasteiger partial charge in [-0.25, -0.2) is 0 Å². The maximum Gasteiger partial charge on any atom is 0.250 e. The minimum Gasteiger partial charge on any atom is -0.467 e. The van der Waals surface area contributed by atoms with Gasteiger partial charge < -0.3 is 14.6 Å². The maximum absolute atomic E-state index is 13.3. The summed E-state index contributed by atoms with van der Waals surface area (Å²) in [6.07, 6.45) is 6.45. The number of β-lactam (4-membered cyclic amide) rings is 1. The third-order valence-corrected chi connectivity index (χ3v) is 5.69. The van der Waals surface area contributed by atoms with Crippen molar-refractivity contribution in [3.05, 3.63) is 54.0 Å². The van der Waals surface area contributed by atoms with Crippen LogP contribution in [0, 0.1) is 6.92 Å². The highest BCUT2D eigenvalue weighted by Gasteiger charge is 2.55. The van der Waals surface area contributed by atoms with Gasteiger partial charge in [-0.15, -0.1) is 0 Å². The van der Waals surface area contributed by atoms with Gasteiger partial charge in [-0.2, -0.15) is 0 Å². The largest absolute Gasteiger partial charge is 0.467 e. The molecule has 136 valence electrons. The molecule has 1 saturated heterocycles. The van der Waals surface area contributed by atoms with Crippen LogP contribution in [0.3, 0.4) is 0 Å². The van der Waals surface area contributed by atoms with Crippen LogP contribution in [0.1, 0.15) is 55.9 Å². The molecular weight excluding hydrogens is 328 g/mol. The molecule has 1 aliphatic heterocycles. The zero-order valence-electron chi connectivity index (χ0n) is 15.0. The lowest BCUT2D eigenvalue weighted by Gasteiger charge is -2.53. The van der Waals surface area contributed by atoms with E-state index in [0.717, 1.165) is 36.3 Å². The average molecular weight is 352 g/mol. The van der Waals surface area contributed by atoms with Crippen molar-refractivity contribution in [1.82, 2.24) is 4.90 Å². The normalized spacial score (nSPS) is 22.0. The Kier molecular flexibility index (Phi) is 4.31. The van der Waals surface area contributed by atoms with Gasteiger partial charge in [0, 0.05) is 5.69 Å². The van der Waals surface area contributed by atoms with Gasteiger partial charge in [0.25, 0.3) is 0 Å². The summed E-state index contributed by atoms with van der Waals surface area (Å²) >= 11 is 0. The topological polar surface area (TPSA) is 62.6 Å². The quantitative estimate of drug-likeness (QED) is 0.839. The fourth-order valence-corrected chi connectivity index (χ4v) is 4.26. The van der Waals surface area contributed by atoms with Crippen LogP contribution in [0.25, 0.3) is 0 Å². The molecule has 1 aliphatic carbocycles. The van der Waals surface area contributed by atoms with Crippen LogP contribution in [-0.4, -0.2) is 22.3 Å². The smallest absolute Gasteiger partial charge is 0.250 e. The zero-order valence-corrected chi connectivity index (χ0v) is 15.0. The second-order valence-corrected chi connectivity index (χ2v) is 7.41. The molecule has 2 heterocycles. The van der Waals surface area contributed by atoms with Crippen LogP contribution in [0.4, 0.5) is 5.69 Å². The van der Waals surface area contributed by atoms with E-state index < -0.39 is 5.54 Å². The Morgan fingerprint density at radius 3 is 2.50 bits per heavy atom. The molecule has 2 aliphatic rings. The first-order valence-corrected chi connectivity index (χ1v) is 9.34. The number of furan rings is 1. The highest BCUT2D eigenvalue weighted by Crippen LogP contribution is 2.46. The third kappa shape index (κ3) is 2.81. The van der Waals surface area contributed by atoms with E-state index >= 15 is 0 Å². The number of carbonyl (C=O) groups is 2. The minimum absolute atomic E-state index is 0.0346. The van der Waals surface area contributed by atoms with Crippen LogP contribution in [0.2, 0.25) is 0 Å². The Hall–Kier alpha value is -2.56. The molecule has 5 heteroatoms. The number of nitrogens with one attached hydrogen (secondary N) is 1. The van der Waals surface area contributed by atoms with Crippen molar-refractivity contribution >= 4 is 17.5 Å². The molecule has 2 aromatic rings. The van der Waals surface area contributed by atoms with Crippen molar-refractivity contribution in [3.8, 4) is 0 Å². The van der Waals surface area contributed by atoms with E-state index in [0.29, 0.717) is 19.3 Å². The van der Waals surface area contributed by atoms with Gasteiger partial charge in [0.1, 0.15) is 11.3 Å². The van der Waals surface area contributed by atoms with Crippen LogP contribution in [0.15, 0.2) is 47.1 Å². The molecule has 0 spiro atoms. The predicted octanol–water partition coefficient (Wildman–Crippen LogP) is 4.20. The predicted molar refractivity (Wildman–Crippen MR) is 98.5 cm³/mol. The van der Waals surface area contributed by atoms with Gasteiger partial charge in [0.15, 0.2) is 0 Å². The van der Waals surface area contributed by atoms with E-state index in [9.17, 15) is 9.59 Å². The summed E-state index contributed by atoms with van der Waals surface area (Å²) < 4.78 is 5.54. The number of aryl methyl sites for hydroxylation is 1. The minimum atomic E-state index is -0.782. The standard InChI is InChI=1S/C21H24N2O3/c1-15-7-9-16(10-8-15)22-20(25)21(11-3-2-4-12-21)23-17(14-19(23)24)18-6-5-13-26-18/h5-10,13,17H,2-4,11-12,14H2,1H3,(H,22,25)/t17-/m1/s1. The fraction of sp³-hybridized carbons (Fsp3) is 0.429. The van der Waals surface area contributed by atoms with Gasteiger partial charge in [0.2, 0.25) is 11.8 Å². The van der Waals surface area contributed by atoms with Crippen molar-refractivity contribution in [2.45, 2.75) is 57.0 Å². The number of nitrogens with zero attached hydrogens (tertiary/aromatic N) is 1. The highest BCUT2D eigenvalue weighted by atomic mass is 16.3. The van der Waals surface area contributed by atoms with E-state index in [1.165, 1.54) is 0 Å². The summed E-state index contributed by atoms with van der Waals surface area (Å²) in [5.74, 6) is 0.718. The first kappa shape index (κ1) is 16.9. The number of carbonyl (C=O) groups excluding carboxylic acids is 2. The Bertz CT molecular complexity index is 789. The fourth-order valence-electron chi connectivity index (χ4n) is 4.26. The van der Waals surface area contributed by atoms with Gasteiger partial charge in [-0.3, -0.25) is 9.59 Å². The summed E-state index contributed by atoms with van der Waals surface area (Å²) in [6.45, 7) is 2.01. The summed E-state index contributed by atoms with van der Waals surface area (Å²) in [6, 6.07) is 11.3. The Labute approximate surface area is 153 Å². The number of benzene rings is 1. The molecule has 5 nitrogen and oxygen atoms in total. The second kappa shape index (κ2) is 6.63. The van der Waals surface area contributed by atoms with Crippen molar-refractivity contribution in [2.75, 3.05) is 5.32 Å². The molecule has 1 N–H and O–H groups in total. The number of hydrogen-bond donors (Lipinski definition) is 1. The van der Waals surface area contributed by atoms with Crippen molar-refractivity contribution in [3.63, 3.8) is 0 Å². The molecule has 0 unspecified atom stereocenters. The number of amides is 2. The lowest BCUT2D eigenvalue weighted by atomic mass is 9.75. The Balaban J connectivity index is 1.63. The van der Waals surface area contributed by atoms with E-state index in [1.54, 1.807) is 11.2 Å². The van der Waals surface area contributed by atoms with Gasteiger partial charge in [0.05, 0.1) is 18.7 Å². The number of hydrogen-bond acceptors (Lipinski definition) is 3. The Morgan fingerprint density at radius 2 is 1.88 bits per heavy atom. The molecular formula is C21H24N2O3. The first-order chi connectivity index (χ1) is 12.6. The molecule has 26 heavy (non-hydrogen) atoms. The van der Waals surface area contributed by atoms with E-state index in [2.05, 4.69) is 5.32 Å². The number of anilines is 1. The third-order valence-electron chi connectivity index (χ3n) is 5.69. The maximum atomic E-state index is 13.3. The summed E-state index contributed by atoms with van der Waals surface area (Å²) in [5, 5.41) is 3.05. The second-order valence-electron chi connectivity index (χ2n) is 7.41. The van der Waals surface area contributed by atoms with Gasteiger partial charge in [-0.1, -0.05) is 37.0 Å². The van der Waals surface area contributed by atoms with Crippen molar-refractivity contribution < 1.29 is 14.0 Å². The number of rotatable bonds is 4. The lowest BCUT2D eigenvalue weighted by Crippen LogP contribution is -2.65. The van der Waals surface area contributed by atoms with Crippen LogP contribution in [-0.2, 0) is 9.59 Å². The number of likely N-dealkylation sites (tertiary alicyclic amines) is 1.